The number of benzene rings is 1. The van der Waals surface area contributed by atoms with Crippen molar-refractivity contribution in [2.45, 2.75) is 51.4 Å². The summed E-state index contributed by atoms with van der Waals surface area (Å²) in [5, 5.41) is 0. The highest BCUT2D eigenvalue weighted by atomic mass is 19.2. The molecule has 1 aromatic carbocycles. The standard InChI is InChI=1S/C19H24F2O/c1-22-17-12-11-16(18(20)19(17)21)15-9-7-14(8-10-15)13-5-3-2-4-6-13/h9,11-14H,2-8,10H2,1H3. The van der Waals surface area contributed by atoms with Gasteiger partial charge < -0.3 is 4.74 Å². The molecule has 0 amide bonds. The summed E-state index contributed by atoms with van der Waals surface area (Å²) in [6, 6.07) is 3.16. The molecule has 1 fully saturated rings. The third-order valence-corrected chi connectivity index (χ3v) is 5.38. The summed E-state index contributed by atoms with van der Waals surface area (Å²) in [4.78, 5) is 0. The summed E-state index contributed by atoms with van der Waals surface area (Å²) in [5.41, 5.74) is 1.35. The van der Waals surface area contributed by atoms with Crippen LogP contribution in [0.25, 0.3) is 5.57 Å². The Kier molecular flexibility index (Phi) is 4.80. The molecule has 2 aliphatic rings. The average molecular weight is 306 g/mol. The second kappa shape index (κ2) is 6.80. The van der Waals surface area contributed by atoms with Gasteiger partial charge in [0.25, 0.3) is 0 Å². The molecule has 1 atom stereocenters. The number of hydrogen-bond acceptors (Lipinski definition) is 1. The number of halogens is 2. The maximum atomic E-state index is 14.2. The van der Waals surface area contributed by atoms with E-state index in [0.717, 1.165) is 36.7 Å². The molecule has 2 aliphatic carbocycles. The maximum absolute atomic E-state index is 14.2. The zero-order valence-corrected chi connectivity index (χ0v) is 13.2. The zero-order chi connectivity index (χ0) is 15.5. The number of ether oxygens (including phenoxy) is 1. The van der Waals surface area contributed by atoms with Crippen molar-refractivity contribution >= 4 is 5.57 Å². The van der Waals surface area contributed by atoms with Crippen LogP contribution in [0.2, 0.25) is 0 Å². The van der Waals surface area contributed by atoms with Gasteiger partial charge in [-0.1, -0.05) is 38.2 Å². The third kappa shape index (κ3) is 3.04. The topological polar surface area (TPSA) is 9.23 Å². The quantitative estimate of drug-likeness (QED) is 0.692. The molecule has 3 heteroatoms. The predicted molar refractivity (Wildman–Crippen MR) is 84.8 cm³/mol. The molecule has 1 nitrogen and oxygen atoms in total. The molecule has 1 saturated carbocycles. The summed E-state index contributed by atoms with van der Waals surface area (Å²) in [6.45, 7) is 0. The van der Waals surface area contributed by atoms with E-state index in [-0.39, 0.29) is 5.75 Å². The summed E-state index contributed by atoms with van der Waals surface area (Å²) >= 11 is 0. The van der Waals surface area contributed by atoms with E-state index in [4.69, 9.17) is 4.74 Å². The van der Waals surface area contributed by atoms with E-state index < -0.39 is 11.6 Å². The Balaban J connectivity index is 1.74. The van der Waals surface area contributed by atoms with Crippen LogP contribution < -0.4 is 4.74 Å². The van der Waals surface area contributed by atoms with Crippen molar-refractivity contribution in [1.29, 1.82) is 0 Å². The van der Waals surface area contributed by atoms with E-state index in [1.165, 1.54) is 45.3 Å². The highest BCUT2D eigenvalue weighted by Gasteiger charge is 2.26. The molecule has 3 rings (SSSR count). The Morgan fingerprint density at radius 3 is 2.36 bits per heavy atom. The van der Waals surface area contributed by atoms with Crippen molar-refractivity contribution in [3.05, 3.63) is 35.4 Å². The van der Waals surface area contributed by atoms with Gasteiger partial charge in [-0.3, -0.25) is 0 Å². The van der Waals surface area contributed by atoms with Gasteiger partial charge in [-0.05, 0) is 48.8 Å². The second-order valence-corrected chi connectivity index (χ2v) is 6.61. The van der Waals surface area contributed by atoms with Crippen LogP contribution >= 0.6 is 0 Å². The van der Waals surface area contributed by atoms with E-state index in [1.807, 2.05) is 0 Å². The first-order valence-electron chi connectivity index (χ1n) is 8.42. The smallest absolute Gasteiger partial charge is 0.201 e. The maximum Gasteiger partial charge on any atom is 0.201 e. The minimum absolute atomic E-state index is 0.0299. The molecule has 0 spiro atoms. The van der Waals surface area contributed by atoms with E-state index in [2.05, 4.69) is 6.08 Å². The monoisotopic (exact) mass is 306 g/mol. The van der Waals surface area contributed by atoms with E-state index in [1.54, 1.807) is 6.07 Å². The van der Waals surface area contributed by atoms with Crippen molar-refractivity contribution < 1.29 is 13.5 Å². The van der Waals surface area contributed by atoms with Crippen LogP contribution in [-0.2, 0) is 0 Å². The first kappa shape index (κ1) is 15.5. The molecule has 1 unspecified atom stereocenters. The molecule has 0 saturated heterocycles. The van der Waals surface area contributed by atoms with E-state index in [9.17, 15) is 8.78 Å². The Labute approximate surface area is 131 Å². The second-order valence-electron chi connectivity index (χ2n) is 6.61. The van der Waals surface area contributed by atoms with Crippen molar-refractivity contribution in [1.82, 2.24) is 0 Å². The van der Waals surface area contributed by atoms with Crippen molar-refractivity contribution in [3.8, 4) is 5.75 Å². The van der Waals surface area contributed by atoms with Crippen LogP contribution in [0.3, 0.4) is 0 Å². The highest BCUT2D eigenvalue weighted by molar-refractivity contribution is 5.67. The molecule has 22 heavy (non-hydrogen) atoms. The van der Waals surface area contributed by atoms with Gasteiger partial charge in [-0.25, -0.2) is 4.39 Å². The number of rotatable bonds is 3. The summed E-state index contributed by atoms with van der Waals surface area (Å²) in [6.07, 6.45) is 11.9. The van der Waals surface area contributed by atoms with E-state index >= 15 is 0 Å². The predicted octanol–water partition coefficient (Wildman–Crippen LogP) is 5.74. The van der Waals surface area contributed by atoms with Crippen LogP contribution in [0, 0.1) is 23.5 Å². The lowest BCUT2D eigenvalue weighted by atomic mass is 9.73. The van der Waals surface area contributed by atoms with Gasteiger partial charge in [0.1, 0.15) is 0 Å². The average Bonchev–Trinajstić information content (AvgIpc) is 2.58. The lowest BCUT2D eigenvalue weighted by molar-refractivity contribution is 0.235. The fourth-order valence-corrected chi connectivity index (χ4v) is 4.07. The van der Waals surface area contributed by atoms with Gasteiger partial charge in [0.15, 0.2) is 11.6 Å². The normalized spacial score (nSPS) is 23.2. The molecule has 0 N–H and O–H groups in total. The Morgan fingerprint density at radius 1 is 0.955 bits per heavy atom. The van der Waals surface area contributed by atoms with Crippen LogP contribution in [0.5, 0.6) is 5.75 Å². The van der Waals surface area contributed by atoms with Crippen molar-refractivity contribution in [2.75, 3.05) is 7.11 Å². The van der Waals surface area contributed by atoms with Crippen molar-refractivity contribution in [2.24, 2.45) is 11.8 Å². The highest BCUT2D eigenvalue weighted by Crippen LogP contribution is 2.40. The van der Waals surface area contributed by atoms with Gasteiger partial charge >= 0.3 is 0 Å². The minimum Gasteiger partial charge on any atom is -0.494 e. The van der Waals surface area contributed by atoms with Gasteiger partial charge in [0.2, 0.25) is 5.82 Å². The van der Waals surface area contributed by atoms with Crippen LogP contribution in [0.4, 0.5) is 8.78 Å². The Hall–Kier alpha value is -1.38. The fourth-order valence-electron chi connectivity index (χ4n) is 4.07. The zero-order valence-electron chi connectivity index (χ0n) is 13.2. The lowest BCUT2D eigenvalue weighted by Crippen LogP contribution is -2.19. The molecular weight excluding hydrogens is 282 g/mol. The largest absolute Gasteiger partial charge is 0.494 e. The van der Waals surface area contributed by atoms with Crippen LogP contribution in [0.15, 0.2) is 18.2 Å². The molecule has 120 valence electrons. The fraction of sp³-hybridized carbons (Fsp3) is 0.579. The minimum atomic E-state index is -0.879. The first-order chi connectivity index (χ1) is 10.7. The van der Waals surface area contributed by atoms with Crippen LogP contribution in [-0.4, -0.2) is 7.11 Å². The van der Waals surface area contributed by atoms with Gasteiger partial charge in [0.05, 0.1) is 7.11 Å². The lowest BCUT2D eigenvalue weighted by Gasteiger charge is -2.32. The third-order valence-electron chi connectivity index (χ3n) is 5.38. The Morgan fingerprint density at radius 2 is 1.73 bits per heavy atom. The summed E-state index contributed by atoms with van der Waals surface area (Å²) in [5.74, 6) is -0.117. The molecule has 1 aromatic rings. The molecule has 0 aromatic heterocycles. The molecule has 0 radical (unpaired) electrons. The van der Waals surface area contributed by atoms with Crippen LogP contribution in [0.1, 0.15) is 56.9 Å². The SMILES string of the molecule is COc1ccc(C2=CCC(C3CCCCC3)CC2)c(F)c1F. The molecular formula is C19H24F2O. The van der Waals surface area contributed by atoms with Gasteiger partial charge in [-0.15, -0.1) is 0 Å². The Bertz CT molecular complexity index is 559. The van der Waals surface area contributed by atoms with Crippen molar-refractivity contribution in [3.63, 3.8) is 0 Å². The molecule has 0 aliphatic heterocycles. The molecule has 0 bridgehead atoms. The first-order valence-corrected chi connectivity index (χ1v) is 8.42. The summed E-state index contributed by atoms with van der Waals surface area (Å²) in [7, 11) is 1.35. The number of allylic oxidation sites excluding steroid dienone is 2. The number of hydrogen-bond donors (Lipinski definition) is 0. The number of methoxy groups -OCH3 is 1. The van der Waals surface area contributed by atoms with Gasteiger partial charge in [0, 0.05) is 5.56 Å². The van der Waals surface area contributed by atoms with E-state index in [0.29, 0.717) is 5.56 Å². The molecule has 0 heterocycles. The summed E-state index contributed by atoms with van der Waals surface area (Å²) < 4.78 is 32.9. The van der Waals surface area contributed by atoms with Gasteiger partial charge in [-0.2, -0.15) is 4.39 Å².